The van der Waals surface area contributed by atoms with E-state index in [-0.39, 0.29) is 23.6 Å². The van der Waals surface area contributed by atoms with Crippen molar-refractivity contribution in [3.8, 4) is 0 Å². The molecular formula is C21H20N4O3. The Kier molecular flexibility index (Phi) is 4.57. The molecule has 0 bridgehead atoms. The summed E-state index contributed by atoms with van der Waals surface area (Å²) in [7, 11) is 0. The maximum atomic E-state index is 12.7. The smallest absolute Gasteiger partial charge is 0.256 e. The number of hydrogen-bond acceptors (Lipinski definition) is 3. The Balaban J connectivity index is 1.34. The number of anilines is 2. The van der Waals surface area contributed by atoms with Crippen molar-refractivity contribution in [2.75, 3.05) is 23.7 Å². The molecule has 2 heterocycles. The fraction of sp³-hybridized carbons (Fsp3) is 0.190. The molecule has 0 atom stereocenters. The van der Waals surface area contributed by atoms with Gasteiger partial charge >= 0.3 is 0 Å². The fourth-order valence-electron chi connectivity index (χ4n) is 3.31. The van der Waals surface area contributed by atoms with Gasteiger partial charge in [0.05, 0.1) is 11.5 Å². The maximum absolute atomic E-state index is 12.7. The largest absolute Gasteiger partial charge is 0.360 e. The maximum Gasteiger partial charge on any atom is 0.256 e. The Labute approximate surface area is 161 Å². The Hall–Kier alpha value is -3.61. The van der Waals surface area contributed by atoms with Crippen LogP contribution in [0.4, 0.5) is 11.4 Å². The molecule has 0 spiro atoms. The van der Waals surface area contributed by atoms with Crippen molar-refractivity contribution in [1.29, 1.82) is 0 Å². The molecule has 142 valence electrons. The number of likely N-dealkylation sites (tertiary alicyclic amines) is 1. The molecule has 1 aromatic heterocycles. The highest BCUT2D eigenvalue weighted by molar-refractivity contribution is 6.07. The van der Waals surface area contributed by atoms with E-state index >= 15 is 0 Å². The minimum atomic E-state index is -0.232. The van der Waals surface area contributed by atoms with Gasteiger partial charge in [0, 0.05) is 48.5 Å². The normalized spacial score (nSPS) is 13.8. The summed E-state index contributed by atoms with van der Waals surface area (Å²) >= 11 is 0. The molecule has 0 saturated carbocycles. The first-order valence-corrected chi connectivity index (χ1v) is 9.05. The quantitative estimate of drug-likeness (QED) is 0.653. The molecule has 1 fully saturated rings. The van der Waals surface area contributed by atoms with Gasteiger partial charge in [-0.1, -0.05) is 18.2 Å². The summed E-state index contributed by atoms with van der Waals surface area (Å²) in [6.45, 7) is 2.23. The van der Waals surface area contributed by atoms with Gasteiger partial charge in [0.15, 0.2) is 0 Å². The molecule has 1 aliphatic rings. The number of nitrogens with zero attached hydrogens (tertiary/aromatic N) is 1. The van der Waals surface area contributed by atoms with Crippen molar-refractivity contribution in [3.63, 3.8) is 0 Å². The topological polar surface area (TPSA) is 94.3 Å². The van der Waals surface area contributed by atoms with Crippen molar-refractivity contribution >= 4 is 40.0 Å². The molecule has 2 aromatic carbocycles. The van der Waals surface area contributed by atoms with Gasteiger partial charge in [0.1, 0.15) is 0 Å². The summed E-state index contributed by atoms with van der Waals surface area (Å²) in [6, 6.07) is 14.6. The molecule has 4 rings (SSSR count). The number of carbonyl (C=O) groups excluding carboxylic acids is 3. The van der Waals surface area contributed by atoms with Crippen LogP contribution >= 0.6 is 0 Å². The standard InChI is InChI=1S/C21H20N4O3/c1-13(26)23-15-6-8-16(9-7-15)24-20(27)14-11-25(12-14)21(28)18-10-22-19-5-3-2-4-17(18)19/h2-10,14,22H,11-12H2,1H3,(H,23,26)(H,24,27). The highest BCUT2D eigenvalue weighted by Crippen LogP contribution is 2.25. The van der Waals surface area contributed by atoms with Gasteiger partial charge in [-0.2, -0.15) is 0 Å². The fourth-order valence-corrected chi connectivity index (χ4v) is 3.31. The predicted molar refractivity (Wildman–Crippen MR) is 107 cm³/mol. The van der Waals surface area contributed by atoms with Gasteiger partial charge in [-0.25, -0.2) is 0 Å². The van der Waals surface area contributed by atoms with Gasteiger partial charge in [-0.15, -0.1) is 0 Å². The first-order chi connectivity index (χ1) is 13.5. The summed E-state index contributed by atoms with van der Waals surface area (Å²) in [5.74, 6) is -0.563. The van der Waals surface area contributed by atoms with E-state index in [0.717, 1.165) is 10.9 Å². The number of para-hydroxylation sites is 1. The molecule has 3 N–H and O–H groups in total. The van der Waals surface area contributed by atoms with E-state index in [2.05, 4.69) is 15.6 Å². The number of benzene rings is 2. The van der Waals surface area contributed by atoms with Crippen LogP contribution in [-0.4, -0.2) is 40.7 Å². The summed E-state index contributed by atoms with van der Waals surface area (Å²) in [5, 5.41) is 6.42. The lowest BCUT2D eigenvalue weighted by atomic mass is 9.97. The number of aromatic amines is 1. The van der Waals surface area contributed by atoms with Crippen LogP contribution in [0.25, 0.3) is 10.9 Å². The van der Waals surface area contributed by atoms with E-state index in [9.17, 15) is 14.4 Å². The number of rotatable bonds is 4. The van der Waals surface area contributed by atoms with Crippen LogP contribution in [0.2, 0.25) is 0 Å². The van der Waals surface area contributed by atoms with Crippen LogP contribution in [0.15, 0.2) is 54.7 Å². The number of amides is 3. The first kappa shape index (κ1) is 17.8. The average Bonchev–Trinajstić information content (AvgIpc) is 3.06. The average molecular weight is 376 g/mol. The third-order valence-corrected chi connectivity index (χ3v) is 4.83. The van der Waals surface area contributed by atoms with Crippen LogP contribution in [0.1, 0.15) is 17.3 Å². The number of hydrogen-bond donors (Lipinski definition) is 3. The van der Waals surface area contributed by atoms with Crippen molar-refractivity contribution in [3.05, 3.63) is 60.3 Å². The lowest BCUT2D eigenvalue weighted by Crippen LogP contribution is -2.54. The van der Waals surface area contributed by atoms with Crippen molar-refractivity contribution in [2.45, 2.75) is 6.92 Å². The van der Waals surface area contributed by atoms with Crippen LogP contribution < -0.4 is 10.6 Å². The second-order valence-electron chi connectivity index (χ2n) is 6.90. The van der Waals surface area contributed by atoms with Gasteiger partial charge in [0.25, 0.3) is 5.91 Å². The Morgan fingerprint density at radius 3 is 2.29 bits per heavy atom. The number of nitrogens with one attached hydrogen (secondary N) is 3. The van der Waals surface area contributed by atoms with E-state index in [1.807, 2.05) is 24.3 Å². The SMILES string of the molecule is CC(=O)Nc1ccc(NC(=O)C2CN(C(=O)c3c[nH]c4ccccc34)C2)cc1. The lowest BCUT2D eigenvalue weighted by Gasteiger charge is -2.38. The van der Waals surface area contributed by atoms with Crippen molar-refractivity contribution in [1.82, 2.24) is 9.88 Å². The summed E-state index contributed by atoms with van der Waals surface area (Å²) < 4.78 is 0. The third-order valence-electron chi connectivity index (χ3n) is 4.83. The number of carbonyl (C=O) groups is 3. The zero-order valence-electron chi connectivity index (χ0n) is 15.4. The van der Waals surface area contributed by atoms with Gasteiger partial charge in [-0.05, 0) is 30.3 Å². The number of aromatic nitrogens is 1. The van der Waals surface area contributed by atoms with Crippen molar-refractivity contribution in [2.24, 2.45) is 5.92 Å². The minimum Gasteiger partial charge on any atom is -0.360 e. The first-order valence-electron chi connectivity index (χ1n) is 9.05. The zero-order chi connectivity index (χ0) is 19.7. The van der Waals surface area contributed by atoms with E-state index in [1.54, 1.807) is 35.4 Å². The molecule has 3 amide bonds. The van der Waals surface area contributed by atoms with E-state index in [4.69, 9.17) is 0 Å². The molecule has 3 aromatic rings. The molecule has 7 heteroatoms. The van der Waals surface area contributed by atoms with Gasteiger partial charge in [0.2, 0.25) is 11.8 Å². The van der Waals surface area contributed by atoms with Crippen molar-refractivity contribution < 1.29 is 14.4 Å². The predicted octanol–water partition coefficient (Wildman–Crippen LogP) is 2.84. The molecule has 0 unspecified atom stereocenters. The highest BCUT2D eigenvalue weighted by Gasteiger charge is 2.36. The minimum absolute atomic E-state index is 0.0684. The third kappa shape index (κ3) is 3.46. The van der Waals surface area contributed by atoms with Crippen LogP contribution in [-0.2, 0) is 9.59 Å². The second kappa shape index (κ2) is 7.19. The molecular weight excluding hydrogens is 356 g/mol. The zero-order valence-corrected chi connectivity index (χ0v) is 15.4. The molecule has 28 heavy (non-hydrogen) atoms. The van der Waals surface area contributed by atoms with Crippen LogP contribution in [0.3, 0.4) is 0 Å². The molecule has 0 radical (unpaired) electrons. The summed E-state index contributed by atoms with van der Waals surface area (Å²) in [4.78, 5) is 40.9. The highest BCUT2D eigenvalue weighted by atomic mass is 16.2. The lowest BCUT2D eigenvalue weighted by molar-refractivity contribution is -0.123. The molecule has 0 aliphatic carbocycles. The molecule has 1 aliphatic heterocycles. The van der Waals surface area contributed by atoms with Crippen LogP contribution in [0.5, 0.6) is 0 Å². The second-order valence-corrected chi connectivity index (χ2v) is 6.90. The van der Waals surface area contributed by atoms with E-state index in [0.29, 0.717) is 30.0 Å². The van der Waals surface area contributed by atoms with Gasteiger partial charge < -0.3 is 20.5 Å². The number of H-pyrrole nitrogens is 1. The Morgan fingerprint density at radius 2 is 1.61 bits per heavy atom. The summed E-state index contributed by atoms with van der Waals surface area (Å²) in [6.07, 6.45) is 1.72. The van der Waals surface area contributed by atoms with Crippen LogP contribution in [0, 0.1) is 5.92 Å². The van der Waals surface area contributed by atoms with E-state index in [1.165, 1.54) is 6.92 Å². The molecule has 7 nitrogen and oxygen atoms in total. The number of fused-ring (bicyclic) bond motifs is 1. The van der Waals surface area contributed by atoms with E-state index < -0.39 is 0 Å². The monoisotopic (exact) mass is 376 g/mol. The Bertz CT molecular complexity index is 1050. The van der Waals surface area contributed by atoms with Gasteiger partial charge in [-0.3, -0.25) is 14.4 Å². The molecule has 1 saturated heterocycles. The summed E-state index contributed by atoms with van der Waals surface area (Å²) in [5.41, 5.74) is 2.87. The Morgan fingerprint density at radius 1 is 0.964 bits per heavy atom.